The summed E-state index contributed by atoms with van der Waals surface area (Å²) in [6.07, 6.45) is 2.68. The SMILES string of the molecule is CC1(C)[C@@H]2CC[C@@]1(C)C(O)(O)C2. The van der Waals surface area contributed by atoms with Crippen molar-refractivity contribution in [1.82, 2.24) is 0 Å². The summed E-state index contributed by atoms with van der Waals surface area (Å²) in [5.41, 5.74) is -0.193. The van der Waals surface area contributed by atoms with Crippen LogP contribution in [-0.2, 0) is 0 Å². The number of fused-ring (bicyclic) bond motifs is 2. The van der Waals surface area contributed by atoms with Gasteiger partial charge in [0.15, 0.2) is 5.79 Å². The summed E-state index contributed by atoms with van der Waals surface area (Å²) in [4.78, 5) is 0. The molecule has 0 aliphatic heterocycles. The van der Waals surface area contributed by atoms with E-state index in [1.807, 2.05) is 6.92 Å². The smallest absolute Gasteiger partial charge is 0.168 e. The van der Waals surface area contributed by atoms with Crippen LogP contribution in [-0.4, -0.2) is 16.0 Å². The van der Waals surface area contributed by atoms with Crippen LogP contribution in [0.5, 0.6) is 0 Å². The summed E-state index contributed by atoms with van der Waals surface area (Å²) in [5, 5.41) is 19.7. The molecule has 12 heavy (non-hydrogen) atoms. The monoisotopic (exact) mass is 170 g/mol. The van der Waals surface area contributed by atoms with E-state index in [2.05, 4.69) is 13.8 Å². The van der Waals surface area contributed by atoms with Crippen LogP contribution >= 0.6 is 0 Å². The van der Waals surface area contributed by atoms with Gasteiger partial charge in [0.25, 0.3) is 0 Å². The van der Waals surface area contributed by atoms with Crippen molar-refractivity contribution in [1.29, 1.82) is 0 Å². The van der Waals surface area contributed by atoms with Crippen molar-refractivity contribution in [2.24, 2.45) is 16.7 Å². The number of rotatable bonds is 0. The van der Waals surface area contributed by atoms with E-state index >= 15 is 0 Å². The molecule has 0 unspecified atom stereocenters. The lowest BCUT2D eigenvalue weighted by Crippen LogP contribution is -2.46. The zero-order valence-electron chi connectivity index (χ0n) is 8.09. The second-order valence-corrected chi connectivity index (χ2v) is 5.31. The standard InChI is InChI=1S/C10H18O2/c1-8(2)7-4-5-9(8,3)10(11,12)6-7/h7,11-12H,4-6H2,1-3H3/t7-,9-/m1/s1. The zero-order valence-corrected chi connectivity index (χ0v) is 8.09. The van der Waals surface area contributed by atoms with Crippen molar-refractivity contribution < 1.29 is 10.2 Å². The topological polar surface area (TPSA) is 40.5 Å². The summed E-state index contributed by atoms with van der Waals surface area (Å²) in [7, 11) is 0. The van der Waals surface area contributed by atoms with Gasteiger partial charge in [-0.05, 0) is 24.2 Å². The molecule has 0 radical (unpaired) electrons. The third kappa shape index (κ3) is 0.647. The van der Waals surface area contributed by atoms with Crippen LogP contribution < -0.4 is 0 Å². The predicted octanol–water partition coefficient (Wildman–Crippen LogP) is 1.51. The Kier molecular flexibility index (Phi) is 1.33. The van der Waals surface area contributed by atoms with Crippen molar-refractivity contribution in [3.8, 4) is 0 Å². The van der Waals surface area contributed by atoms with E-state index in [0.29, 0.717) is 12.3 Å². The highest BCUT2D eigenvalue weighted by Crippen LogP contribution is 2.68. The van der Waals surface area contributed by atoms with Gasteiger partial charge in [-0.2, -0.15) is 0 Å². The second kappa shape index (κ2) is 1.88. The molecule has 2 bridgehead atoms. The molecule has 0 aromatic heterocycles. The first-order chi connectivity index (χ1) is 5.31. The Labute approximate surface area is 73.6 Å². The number of hydrogen-bond acceptors (Lipinski definition) is 2. The van der Waals surface area contributed by atoms with E-state index in [9.17, 15) is 10.2 Å². The van der Waals surface area contributed by atoms with Crippen molar-refractivity contribution in [2.45, 2.75) is 45.8 Å². The molecule has 2 aliphatic rings. The molecule has 2 aliphatic carbocycles. The maximum Gasteiger partial charge on any atom is 0.168 e. The highest BCUT2D eigenvalue weighted by molar-refractivity contribution is 5.13. The van der Waals surface area contributed by atoms with Crippen LogP contribution in [0.25, 0.3) is 0 Å². The average molecular weight is 170 g/mol. The highest BCUT2D eigenvalue weighted by atomic mass is 16.5. The fraction of sp³-hybridized carbons (Fsp3) is 1.00. The molecular formula is C10H18O2. The molecule has 0 heterocycles. The van der Waals surface area contributed by atoms with Crippen molar-refractivity contribution in [2.75, 3.05) is 0 Å². The van der Waals surface area contributed by atoms with Gasteiger partial charge in [0.2, 0.25) is 0 Å². The first-order valence-electron chi connectivity index (χ1n) is 4.76. The van der Waals surface area contributed by atoms with Crippen LogP contribution in [0.1, 0.15) is 40.0 Å². The van der Waals surface area contributed by atoms with Gasteiger partial charge in [0.05, 0.1) is 0 Å². The van der Waals surface area contributed by atoms with Crippen molar-refractivity contribution >= 4 is 0 Å². The first kappa shape index (κ1) is 8.52. The van der Waals surface area contributed by atoms with E-state index < -0.39 is 5.79 Å². The minimum atomic E-state index is -1.42. The largest absolute Gasteiger partial charge is 0.365 e. The van der Waals surface area contributed by atoms with Gasteiger partial charge < -0.3 is 10.2 Å². The van der Waals surface area contributed by atoms with Crippen LogP contribution in [0.4, 0.5) is 0 Å². The van der Waals surface area contributed by atoms with Gasteiger partial charge in [0, 0.05) is 11.8 Å². The maximum atomic E-state index is 9.84. The van der Waals surface area contributed by atoms with Gasteiger partial charge in [0.1, 0.15) is 0 Å². The Bertz CT molecular complexity index is 220. The number of hydrogen-bond donors (Lipinski definition) is 2. The van der Waals surface area contributed by atoms with Crippen LogP contribution in [0.3, 0.4) is 0 Å². The van der Waals surface area contributed by atoms with Gasteiger partial charge in [-0.1, -0.05) is 20.8 Å². The van der Waals surface area contributed by atoms with Gasteiger partial charge in [-0.25, -0.2) is 0 Å². The molecule has 0 saturated heterocycles. The van der Waals surface area contributed by atoms with Crippen LogP contribution in [0.15, 0.2) is 0 Å². The maximum absolute atomic E-state index is 9.84. The lowest BCUT2D eigenvalue weighted by atomic mass is 9.68. The van der Waals surface area contributed by atoms with Gasteiger partial charge in [-0.15, -0.1) is 0 Å². The summed E-state index contributed by atoms with van der Waals surface area (Å²) in [6, 6.07) is 0. The van der Waals surface area contributed by atoms with E-state index in [1.165, 1.54) is 0 Å². The van der Waals surface area contributed by atoms with Crippen LogP contribution in [0.2, 0.25) is 0 Å². The number of aliphatic hydroxyl groups is 2. The van der Waals surface area contributed by atoms with E-state index in [-0.39, 0.29) is 10.8 Å². The molecule has 0 aromatic carbocycles. The molecule has 2 N–H and O–H groups in total. The van der Waals surface area contributed by atoms with E-state index in [0.717, 1.165) is 12.8 Å². The molecule has 2 atom stereocenters. The molecule has 0 amide bonds. The Hall–Kier alpha value is -0.0800. The van der Waals surface area contributed by atoms with Gasteiger partial charge in [-0.3, -0.25) is 0 Å². The zero-order chi connectivity index (χ0) is 9.20. The molecule has 2 nitrogen and oxygen atoms in total. The molecule has 70 valence electrons. The molecule has 2 rings (SSSR count). The lowest BCUT2D eigenvalue weighted by Gasteiger charge is -2.41. The second-order valence-electron chi connectivity index (χ2n) is 5.31. The summed E-state index contributed by atoms with van der Waals surface area (Å²) < 4.78 is 0. The third-order valence-electron chi connectivity index (χ3n) is 4.85. The fourth-order valence-corrected chi connectivity index (χ4v) is 3.24. The lowest BCUT2D eigenvalue weighted by molar-refractivity contribution is -0.241. The Morgan fingerprint density at radius 3 is 1.92 bits per heavy atom. The Balaban J connectivity index is 2.47. The minimum absolute atomic E-state index is 0.0938. The van der Waals surface area contributed by atoms with Crippen molar-refractivity contribution in [3.63, 3.8) is 0 Å². The quantitative estimate of drug-likeness (QED) is 0.541. The van der Waals surface area contributed by atoms with E-state index in [1.54, 1.807) is 0 Å². The summed E-state index contributed by atoms with van der Waals surface area (Å²) in [5.74, 6) is -0.920. The van der Waals surface area contributed by atoms with Crippen molar-refractivity contribution in [3.05, 3.63) is 0 Å². The molecule has 2 heteroatoms. The molecule has 2 fully saturated rings. The third-order valence-corrected chi connectivity index (χ3v) is 4.85. The molecule has 0 spiro atoms. The average Bonchev–Trinajstić information content (AvgIpc) is 2.18. The first-order valence-corrected chi connectivity index (χ1v) is 4.76. The molecule has 2 saturated carbocycles. The minimum Gasteiger partial charge on any atom is -0.365 e. The summed E-state index contributed by atoms with van der Waals surface area (Å²) >= 11 is 0. The van der Waals surface area contributed by atoms with Gasteiger partial charge >= 0.3 is 0 Å². The molecular weight excluding hydrogens is 152 g/mol. The van der Waals surface area contributed by atoms with E-state index in [4.69, 9.17) is 0 Å². The fourth-order valence-electron chi connectivity index (χ4n) is 3.24. The van der Waals surface area contributed by atoms with Crippen LogP contribution in [0, 0.1) is 16.7 Å². The Morgan fingerprint density at radius 1 is 1.17 bits per heavy atom. The Morgan fingerprint density at radius 2 is 1.75 bits per heavy atom. The highest BCUT2D eigenvalue weighted by Gasteiger charge is 2.68. The normalized spacial score (nSPS) is 48.2. The summed E-state index contributed by atoms with van der Waals surface area (Å²) in [6.45, 7) is 6.34. The molecule has 0 aromatic rings. The predicted molar refractivity (Wildman–Crippen MR) is 46.4 cm³/mol.